The number of hydrogen-bond acceptors (Lipinski definition) is 9. The number of benzene rings is 1. The van der Waals surface area contributed by atoms with Crippen LogP contribution in [0.1, 0.15) is 12.8 Å². The molecule has 10 nitrogen and oxygen atoms in total. The molecule has 0 aromatic heterocycles. The van der Waals surface area contributed by atoms with Gasteiger partial charge in [-0.05, 0) is 25.0 Å². The first-order valence-corrected chi connectivity index (χ1v) is 14.0. The van der Waals surface area contributed by atoms with Gasteiger partial charge in [0.05, 0.1) is 43.3 Å². The number of sulfone groups is 2. The van der Waals surface area contributed by atoms with E-state index in [1.807, 2.05) is 0 Å². The van der Waals surface area contributed by atoms with Gasteiger partial charge in [-0.2, -0.15) is 0 Å². The highest BCUT2D eigenvalue weighted by Gasteiger charge is 2.42. The maximum Gasteiger partial charge on any atom is 0.259 e. The molecule has 0 aliphatic carbocycles. The molecule has 1 N–H and O–H groups in total. The molecule has 29 heavy (non-hydrogen) atoms. The highest BCUT2D eigenvalue weighted by molar-refractivity contribution is 7.92. The number of nitrogens with zero attached hydrogens (tertiary/aromatic N) is 1. The zero-order valence-electron chi connectivity index (χ0n) is 16.1. The fraction of sp³-hybridized carbons (Fsp3) is 0.625. The average Bonchev–Trinajstić information content (AvgIpc) is 3.19. The van der Waals surface area contributed by atoms with Crippen molar-refractivity contribution in [3.63, 3.8) is 0 Å². The summed E-state index contributed by atoms with van der Waals surface area (Å²) in [6, 6.07) is 2.78. The minimum atomic E-state index is -4.28. The summed E-state index contributed by atoms with van der Waals surface area (Å²) in [5.74, 6) is -0.393. The number of sulfonamides is 1. The standard InChI is InChI=1S/C16H24N2O8S3/c1-25-14-3-4-15(26-2)16(9-14)29(23,24)18(13-6-8-28(21,22)11-13)17-12-5-7-27(19,20)10-12/h3-4,9,12-13,17H,5-8,10-11H2,1-2H3/t12-,13-/m1/s1. The molecule has 0 amide bonds. The first-order chi connectivity index (χ1) is 13.5. The minimum Gasteiger partial charge on any atom is -0.497 e. The molecular formula is C16H24N2O8S3. The molecule has 0 bridgehead atoms. The van der Waals surface area contributed by atoms with Gasteiger partial charge in [-0.3, -0.25) is 0 Å². The van der Waals surface area contributed by atoms with Gasteiger partial charge in [0.25, 0.3) is 10.0 Å². The van der Waals surface area contributed by atoms with Crippen molar-refractivity contribution in [1.29, 1.82) is 0 Å². The molecule has 3 rings (SSSR count). The van der Waals surface area contributed by atoms with E-state index in [9.17, 15) is 25.3 Å². The van der Waals surface area contributed by atoms with E-state index in [0.29, 0.717) is 0 Å². The largest absolute Gasteiger partial charge is 0.497 e. The molecule has 2 fully saturated rings. The molecule has 0 radical (unpaired) electrons. The molecule has 2 saturated heterocycles. The van der Waals surface area contributed by atoms with Crippen LogP contribution in [0.5, 0.6) is 11.5 Å². The van der Waals surface area contributed by atoms with E-state index in [1.54, 1.807) is 6.07 Å². The Labute approximate surface area is 171 Å². The van der Waals surface area contributed by atoms with E-state index in [4.69, 9.17) is 9.47 Å². The molecule has 0 spiro atoms. The van der Waals surface area contributed by atoms with Crippen LogP contribution in [0.2, 0.25) is 0 Å². The van der Waals surface area contributed by atoms with E-state index in [1.165, 1.54) is 26.4 Å². The van der Waals surface area contributed by atoms with Gasteiger partial charge in [0.1, 0.15) is 16.4 Å². The Morgan fingerprint density at radius 3 is 2.17 bits per heavy atom. The van der Waals surface area contributed by atoms with Gasteiger partial charge >= 0.3 is 0 Å². The smallest absolute Gasteiger partial charge is 0.259 e. The normalized spacial score (nSPS) is 25.9. The fourth-order valence-electron chi connectivity index (χ4n) is 3.50. The van der Waals surface area contributed by atoms with Gasteiger partial charge in [-0.25, -0.2) is 30.7 Å². The summed E-state index contributed by atoms with van der Waals surface area (Å²) in [5.41, 5.74) is 2.78. The van der Waals surface area contributed by atoms with Crippen molar-refractivity contribution in [1.82, 2.24) is 9.84 Å². The van der Waals surface area contributed by atoms with Crippen LogP contribution in [0.4, 0.5) is 0 Å². The second-order valence-corrected chi connectivity index (χ2v) is 13.3. The summed E-state index contributed by atoms with van der Waals surface area (Å²) in [7, 11) is -8.22. The van der Waals surface area contributed by atoms with Crippen LogP contribution in [-0.4, -0.2) is 79.0 Å². The number of nitrogens with one attached hydrogen (secondary N) is 1. The maximum atomic E-state index is 13.5. The highest BCUT2D eigenvalue weighted by Crippen LogP contribution is 2.33. The third kappa shape index (κ3) is 4.85. The second-order valence-electron chi connectivity index (χ2n) is 7.10. The lowest BCUT2D eigenvalue weighted by Crippen LogP contribution is -2.54. The summed E-state index contributed by atoms with van der Waals surface area (Å²) in [4.78, 5) is -0.197. The number of methoxy groups -OCH3 is 2. The van der Waals surface area contributed by atoms with Crippen LogP contribution in [-0.2, 0) is 29.7 Å². The number of rotatable bonds is 7. The summed E-state index contributed by atoms with van der Waals surface area (Å²) in [5, 5.41) is 0. The molecule has 2 aliphatic rings. The number of ether oxygens (including phenoxy) is 2. The first-order valence-electron chi connectivity index (χ1n) is 8.91. The number of hydrazine groups is 1. The minimum absolute atomic E-state index is 0.0516. The van der Waals surface area contributed by atoms with Crippen LogP contribution in [0.3, 0.4) is 0 Å². The predicted molar refractivity (Wildman–Crippen MR) is 106 cm³/mol. The van der Waals surface area contributed by atoms with Crippen LogP contribution >= 0.6 is 0 Å². The molecule has 2 atom stereocenters. The van der Waals surface area contributed by atoms with E-state index in [2.05, 4.69) is 5.43 Å². The Morgan fingerprint density at radius 2 is 1.66 bits per heavy atom. The van der Waals surface area contributed by atoms with E-state index in [0.717, 1.165) is 4.41 Å². The second kappa shape index (κ2) is 8.02. The monoisotopic (exact) mass is 468 g/mol. The molecular weight excluding hydrogens is 444 g/mol. The van der Waals surface area contributed by atoms with Crippen LogP contribution < -0.4 is 14.9 Å². The van der Waals surface area contributed by atoms with Gasteiger partial charge in [0.2, 0.25) is 0 Å². The summed E-state index contributed by atoms with van der Waals surface area (Å²) < 4.78 is 85.8. The zero-order valence-corrected chi connectivity index (χ0v) is 18.5. The molecule has 2 heterocycles. The van der Waals surface area contributed by atoms with Crippen molar-refractivity contribution in [3.8, 4) is 11.5 Å². The molecule has 13 heteroatoms. The topological polar surface area (TPSA) is 136 Å². The molecule has 2 aliphatic heterocycles. The van der Waals surface area contributed by atoms with Gasteiger partial charge in [-0.1, -0.05) is 0 Å². The van der Waals surface area contributed by atoms with Crippen molar-refractivity contribution in [2.24, 2.45) is 0 Å². The molecule has 1 aromatic carbocycles. The van der Waals surface area contributed by atoms with E-state index in [-0.39, 0.29) is 52.2 Å². The Balaban J connectivity index is 2.03. The summed E-state index contributed by atoms with van der Waals surface area (Å²) in [6.07, 6.45) is 0.351. The lowest BCUT2D eigenvalue weighted by molar-refractivity contribution is 0.228. The Hall–Kier alpha value is -1.41. The molecule has 164 valence electrons. The lowest BCUT2D eigenvalue weighted by Gasteiger charge is -2.30. The molecule has 0 unspecified atom stereocenters. The van der Waals surface area contributed by atoms with Crippen LogP contribution in [0.15, 0.2) is 23.1 Å². The van der Waals surface area contributed by atoms with Crippen molar-refractivity contribution >= 4 is 29.7 Å². The average molecular weight is 469 g/mol. The third-order valence-corrected chi connectivity index (χ3v) is 10.3. The highest BCUT2D eigenvalue weighted by atomic mass is 32.2. The Bertz CT molecular complexity index is 1080. The Kier molecular flexibility index (Phi) is 6.16. The van der Waals surface area contributed by atoms with Crippen LogP contribution in [0.25, 0.3) is 0 Å². The maximum absolute atomic E-state index is 13.5. The molecule has 0 saturated carbocycles. The third-order valence-electron chi connectivity index (χ3n) is 4.99. The van der Waals surface area contributed by atoms with Gasteiger partial charge in [0, 0.05) is 12.1 Å². The van der Waals surface area contributed by atoms with Gasteiger partial charge < -0.3 is 9.47 Å². The van der Waals surface area contributed by atoms with Crippen molar-refractivity contribution in [2.45, 2.75) is 29.8 Å². The van der Waals surface area contributed by atoms with Crippen LogP contribution in [0, 0.1) is 0 Å². The van der Waals surface area contributed by atoms with E-state index >= 15 is 0 Å². The van der Waals surface area contributed by atoms with Crippen molar-refractivity contribution in [3.05, 3.63) is 18.2 Å². The summed E-state index contributed by atoms with van der Waals surface area (Å²) in [6.45, 7) is 0. The van der Waals surface area contributed by atoms with Crippen molar-refractivity contribution in [2.75, 3.05) is 37.2 Å². The fourth-order valence-corrected chi connectivity index (χ4v) is 8.70. The van der Waals surface area contributed by atoms with Crippen molar-refractivity contribution < 1.29 is 34.7 Å². The van der Waals surface area contributed by atoms with Gasteiger partial charge in [0.15, 0.2) is 19.7 Å². The first kappa shape index (κ1) is 22.3. The quantitative estimate of drug-likeness (QED) is 0.529. The Morgan fingerprint density at radius 1 is 1.00 bits per heavy atom. The SMILES string of the molecule is COc1ccc(OC)c(S(=O)(=O)N(N[C@@H]2CCS(=O)(=O)C2)[C@@H]2CCS(=O)(=O)C2)c1. The molecule has 1 aromatic rings. The lowest BCUT2D eigenvalue weighted by atomic mass is 10.2. The summed E-state index contributed by atoms with van der Waals surface area (Å²) >= 11 is 0. The number of hydrogen-bond donors (Lipinski definition) is 1. The van der Waals surface area contributed by atoms with E-state index < -0.39 is 41.8 Å². The predicted octanol–water partition coefficient (Wildman–Crippen LogP) is -0.427. The zero-order chi connectivity index (χ0) is 21.4. The van der Waals surface area contributed by atoms with Gasteiger partial charge in [-0.15, -0.1) is 4.41 Å².